The van der Waals surface area contributed by atoms with Gasteiger partial charge in [0.2, 0.25) is 5.95 Å². The molecule has 0 radical (unpaired) electrons. The fourth-order valence-electron chi connectivity index (χ4n) is 2.05. The van der Waals surface area contributed by atoms with Gasteiger partial charge in [-0.3, -0.25) is 0 Å². The fourth-order valence-corrected chi connectivity index (χ4v) is 2.05. The first-order valence-corrected chi connectivity index (χ1v) is 6.59. The van der Waals surface area contributed by atoms with E-state index in [9.17, 15) is 0 Å². The van der Waals surface area contributed by atoms with Crippen molar-refractivity contribution in [1.82, 2.24) is 15.3 Å². The normalized spacial score (nSPS) is 15.1. The maximum Gasteiger partial charge on any atom is 0.222 e. The van der Waals surface area contributed by atoms with Crippen molar-refractivity contribution in [2.75, 3.05) is 18.4 Å². The maximum atomic E-state index is 4.38. The van der Waals surface area contributed by atoms with Gasteiger partial charge in [-0.25, -0.2) is 9.97 Å². The van der Waals surface area contributed by atoms with Gasteiger partial charge in [-0.1, -0.05) is 18.2 Å². The number of aryl methyl sites for hydroxylation is 2. The van der Waals surface area contributed by atoms with Crippen LogP contribution >= 0.6 is 0 Å². The Morgan fingerprint density at radius 2 is 1.79 bits per heavy atom. The molecule has 0 unspecified atom stereocenters. The summed E-state index contributed by atoms with van der Waals surface area (Å²) in [6.07, 6.45) is 3.76. The average Bonchev–Trinajstić information content (AvgIpc) is 2.38. The Morgan fingerprint density at radius 1 is 1.05 bits per heavy atom. The predicted molar refractivity (Wildman–Crippen MR) is 77.2 cm³/mol. The minimum absolute atomic E-state index is 0.465. The lowest BCUT2D eigenvalue weighted by molar-refractivity contribution is 0.470. The van der Waals surface area contributed by atoms with Crippen LogP contribution in [0.4, 0.5) is 5.95 Å². The lowest BCUT2D eigenvalue weighted by atomic mass is 10.0. The van der Waals surface area contributed by atoms with Crippen molar-refractivity contribution in [1.29, 1.82) is 0 Å². The Labute approximate surface area is 113 Å². The van der Waals surface area contributed by atoms with Crippen LogP contribution in [-0.2, 0) is 0 Å². The summed E-state index contributed by atoms with van der Waals surface area (Å²) in [5, 5.41) is 6.50. The minimum Gasteiger partial charge on any atom is -0.349 e. The van der Waals surface area contributed by atoms with Crippen molar-refractivity contribution in [2.45, 2.75) is 19.9 Å². The van der Waals surface area contributed by atoms with Crippen molar-refractivity contribution in [2.24, 2.45) is 0 Å². The van der Waals surface area contributed by atoms with E-state index < -0.39 is 0 Å². The smallest absolute Gasteiger partial charge is 0.222 e. The molecule has 1 aromatic heterocycles. The summed E-state index contributed by atoms with van der Waals surface area (Å²) in [6, 6.07) is 6.89. The van der Waals surface area contributed by atoms with Crippen molar-refractivity contribution in [3.8, 4) is 11.1 Å². The van der Waals surface area contributed by atoms with E-state index in [1.807, 2.05) is 12.4 Å². The van der Waals surface area contributed by atoms with Crippen molar-refractivity contribution in [3.05, 3.63) is 41.7 Å². The van der Waals surface area contributed by atoms with Crippen LogP contribution in [-0.4, -0.2) is 29.1 Å². The maximum absolute atomic E-state index is 4.38. The molecule has 0 bridgehead atoms. The second kappa shape index (κ2) is 4.97. The van der Waals surface area contributed by atoms with E-state index in [0.717, 1.165) is 18.7 Å². The number of aromatic nitrogens is 2. The second-order valence-electron chi connectivity index (χ2n) is 5.09. The molecule has 0 aliphatic carbocycles. The van der Waals surface area contributed by atoms with Crippen LogP contribution in [0, 0.1) is 13.8 Å². The largest absolute Gasteiger partial charge is 0.349 e. The zero-order valence-electron chi connectivity index (χ0n) is 11.3. The molecule has 98 valence electrons. The van der Waals surface area contributed by atoms with E-state index in [2.05, 4.69) is 52.6 Å². The van der Waals surface area contributed by atoms with Gasteiger partial charge in [0, 0.05) is 31.0 Å². The molecule has 0 saturated carbocycles. The number of nitrogens with zero attached hydrogens (tertiary/aromatic N) is 2. The minimum atomic E-state index is 0.465. The SMILES string of the molecule is Cc1ccc(-c2cnc(NC3CNC3)nc2)cc1C. The summed E-state index contributed by atoms with van der Waals surface area (Å²) in [4.78, 5) is 8.76. The number of benzene rings is 1. The van der Waals surface area contributed by atoms with Gasteiger partial charge in [-0.05, 0) is 30.5 Å². The Kier molecular flexibility index (Phi) is 3.17. The van der Waals surface area contributed by atoms with Gasteiger partial charge in [0.1, 0.15) is 0 Å². The third-order valence-corrected chi connectivity index (χ3v) is 3.61. The molecule has 1 aliphatic heterocycles. The quantitative estimate of drug-likeness (QED) is 0.881. The van der Waals surface area contributed by atoms with Crippen molar-refractivity contribution in [3.63, 3.8) is 0 Å². The number of anilines is 1. The molecule has 0 amide bonds. The number of hydrogen-bond acceptors (Lipinski definition) is 4. The third-order valence-electron chi connectivity index (χ3n) is 3.61. The number of nitrogens with one attached hydrogen (secondary N) is 2. The van der Waals surface area contributed by atoms with Crippen molar-refractivity contribution >= 4 is 5.95 Å². The van der Waals surface area contributed by atoms with Gasteiger partial charge in [0.15, 0.2) is 0 Å². The molecular formula is C15H18N4. The van der Waals surface area contributed by atoms with Gasteiger partial charge < -0.3 is 10.6 Å². The molecule has 0 atom stereocenters. The summed E-state index contributed by atoms with van der Waals surface area (Å²) in [5.41, 5.74) is 4.82. The zero-order valence-corrected chi connectivity index (χ0v) is 11.3. The van der Waals surface area contributed by atoms with E-state index in [4.69, 9.17) is 0 Å². The van der Waals surface area contributed by atoms with Crippen LogP contribution in [0.1, 0.15) is 11.1 Å². The molecular weight excluding hydrogens is 236 g/mol. The molecule has 2 heterocycles. The molecule has 4 nitrogen and oxygen atoms in total. The topological polar surface area (TPSA) is 49.8 Å². The second-order valence-corrected chi connectivity index (χ2v) is 5.09. The average molecular weight is 254 g/mol. The molecule has 4 heteroatoms. The number of rotatable bonds is 3. The van der Waals surface area contributed by atoms with Crippen LogP contribution in [0.15, 0.2) is 30.6 Å². The first kappa shape index (κ1) is 12.1. The van der Waals surface area contributed by atoms with Crippen LogP contribution in [0.5, 0.6) is 0 Å². The van der Waals surface area contributed by atoms with E-state index in [0.29, 0.717) is 12.0 Å². The standard InChI is InChI=1S/C15H18N4/c1-10-3-4-12(5-11(10)2)13-6-17-15(18-7-13)19-14-8-16-9-14/h3-7,14,16H,8-9H2,1-2H3,(H,17,18,19). The Balaban J connectivity index is 1.78. The first-order valence-electron chi connectivity index (χ1n) is 6.59. The highest BCUT2D eigenvalue weighted by Crippen LogP contribution is 2.21. The predicted octanol–water partition coefficient (Wildman–Crippen LogP) is 2.14. The highest BCUT2D eigenvalue weighted by Gasteiger charge is 2.16. The van der Waals surface area contributed by atoms with Crippen LogP contribution in [0.25, 0.3) is 11.1 Å². The van der Waals surface area contributed by atoms with Gasteiger partial charge in [0.05, 0.1) is 6.04 Å². The van der Waals surface area contributed by atoms with Crippen LogP contribution < -0.4 is 10.6 Å². The Hall–Kier alpha value is -1.94. The number of hydrogen-bond donors (Lipinski definition) is 2. The Morgan fingerprint density at radius 3 is 2.37 bits per heavy atom. The monoisotopic (exact) mass is 254 g/mol. The highest BCUT2D eigenvalue weighted by atomic mass is 15.2. The molecule has 2 aromatic rings. The van der Waals surface area contributed by atoms with E-state index in [-0.39, 0.29) is 0 Å². The molecule has 3 rings (SSSR count). The van der Waals surface area contributed by atoms with Gasteiger partial charge >= 0.3 is 0 Å². The van der Waals surface area contributed by atoms with Gasteiger partial charge in [-0.15, -0.1) is 0 Å². The molecule has 1 fully saturated rings. The van der Waals surface area contributed by atoms with Gasteiger partial charge in [-0.2, -0.15) is 0 Å². The molecule has 2 N–H and O–H groups in total. The molecule has 19 heavy (non-hydrogen) atoms. The molecule has 1 aromatic carbocycles. The summed E-state index contributed by atoms with van der Waals surface area (Å²) in [6.45, 7) is 6.22. The summed E-state index contributed by atoms with van der Waals surface area (Å²) >= 11 is 0. The fraction of sp³-hybridized carbons (Fsp3) is 0.333. The summed E-state index contributed by atoms with van der Waals surface area (Å²) in [7, 11) is 0. The van der Waals surface area contributed by atoms with Crippen LogP contribution in [0.2, 0.25) is 0 Å². The highest BCUT2D eigenvalue weighted by molar-refractivity contribution is 5.63. The molecule has 1 aliphatic rings. The van der Waals surface area contributed by atoms with E-state index in [1.165, 1.54) is 16.7 Å². The lowest BCUT2D eigenvalue weighted by Crippen LogP contribution is -2.51. The van der Waals surface area contributed by atoms with E-state index >= 15 is 0 Å². The van der Waals surface area contributed by atoms with E-state index in [1.54, 1.807) is 0 Å². The van der Waals surface area contributed by atoms with Crippen molar-refractivity contribution < 1.29 is 0 Å². The lowest BCUT2D eigenvalue weighted by Gasteiger charge is -2.27. The summed E-state index contributed by atoms with van der Waals surface area (Å²) in [5.74, 6) is 0.707. The molecule has 1 saturated heterocycles. The third kappa shape index (κ3) is 2.58. The molecule has 0 spiro atoms. The first-order chi connectivity index (χ1) is 9.22. The zero-order chi connectivity index (χ0) is 13.2. The Bertz CT molecular complexity index is 573. The van der Waals surface area contributed by atoms with Crippen LogP contribution in [0.3, 0.4) is 0 Å². The van der Waals surface area contributed by atoms with Gasteiger partial charge in [0.25, 0.3) is 0 Å². The summed E-state index contributed by atoms with van der Waals surface area (Å²) < 4.78 is 0.